The summed E-state index contributed by atoms with van der Waals surface area (Å²) < 4.78 is 55.4. The number of hydrogen-bond donors (Lipinski definition) is 2. The molecule has 4 N–H and O–H groups in total. The Kier molecular flexibility index (Phi) is 24.5. The Hall–Kier alpha value is 0.211. The molecule has 0 aliphatic heterocycles. The van der Waals surface area contributed by atoms with Crippen LogP contribution in [0.25, 0.3) is 0 Å². The van der Waals surface area contributed by atoms with Crippen molar-refractivity contribution in [2.45, 2.75) is 131 Å². The summed E-state index contributed by atoms with van der Waals surface area (Å²) in [5, 5.41) is 0. The molecule has 272 valence electrons. The second kappa shape index (κ2) is 24.4. The monoisotopic (exact) mass is 700 g/mol. The van der Waals surface area contributed by atoms with Gasteiger partial charge in [-0.1, -0.05) is 0 Å². The summed E-state index contributed by atoms with van der Waals surface area (Å²) in [5.74, 6) is 0. The fourth-order valence-electron chi connectivity index (χ4n) is 6.36. The summed E-state index contributed by atoms with van der Waals surface area (Å²) in [6.45, 7) is 25.4. The first-order chi connectivity index (χ1) is 21.5. The Morgan fingerprint density at radius 1 is 0.422 bits per heavy atom. The van der Waals surface area contributed by atoms with E-state index in [1.807, 2.05) is 62.3 Å². The Labute approximate surface area is 280 Å². The minimum atomic E-state index is -2.82. The lowest BCUT2D eigenvalue weighted by Crippen LogP contribution is -2.58. The molecule has 0 amide bonds. The zero-order valence-corrected chi connectivity index (χ0v) is 33.8. The van der Waals surface area contributed by atoms with Crippen LogP contribution in [-0.4, -0.2) is 98.0 Å². The van der Waals surface area contributed by atoms with Crippen LogP contribution in [0.5, 0.6) is 0 Å². The second-order valence-corrected chi connectivity index (χ2v) is 19.6. The van der Waals surface area contributed by atoms with E-state index in [-0.39, 0.29) is 5.41 Å². The topological polar surface area (TPSA) is 135 Å². The van der Waals surface area contributed by atoms with Gasteiger partial charge >= 0.3 is 26.4 Å². The molecule has 0 fully saturated rings. The minimum Gasteiger partial charge on any atom is -0.374 e. The zero-order chi connectivity index (χ0) is 34.3. The van der Waals surface area contributed by atoms with Crippen molar-refractivity contribution in [2.75, 3.05) is 66.0 Å². The normalized spacial score (nSPS) is 14.7. The summed E-state index contributed by atoms with van der Waals surface area (Å²) in [6.07, 6.45) is 4.85. The molecule has 0 aromatic rings. The maximum absolute atomic E-state index is 7.36. The van der Waals surface area contributed by atoms with E-state index < -0.39 is 32.0 Å². The van der Waals surface area contributed by atoms with Crippen LogP contribution in [0, 0.1) is 5.41 Å². The lowest BCUT2D eigenvalue weighted by molar-refractivity contribution is 0.0576. The van der Waals surface area contributed by atoms with Gasteiger partial charge < -0.3 is 51.3 Å². The minimum absolute atomic E-state index is 0.365. The van der Waals surface area contributed by atoms with E-state index in [0.717, 1.165) is 38.5 Å². The van der Waals surface area contributed by atoms with Gasteiger partial charge in [-0.05, 0) is 114 Å². The summed E-state index contributed by atoms with van der Waals surface area (Å²) in [5.41, 5.74) is 13.2. The number of rotatable bonds is 32. The lowest BCUT2D eigenvalue weighted by Gasteiger charge is -2.48. The molecular formula is C31H72N2O9Si3. The largest absolute Gasteiger partial charge is 0.500 e. The number of nitrogens with two attached hydrogens (primary N) is 2. The molecule has 0 saturated heterocycles. The Bertz CT molecular complexity index is 643. The van der Waals surface area contributed by atoms with Crippen LogP contribution in [-0.2, 0) is 39.8 Å². The Morgan fingerprint density at radius 2 is 0.644 bits per heavy atom. The third-order valence-corrected chi connectivity index (χ3v) is 17.8. The molecule has 0 heterocycles. The van der Waals surface area contributed by atoms with Crippen LogP contribution in [0.1, 0.15) is 108 Å². The molecule has 0 aliphatic carbocycles. The quantitative estimate of drug-likeness (QED) is 0.0785. The van der Waals surface area contributed by atoms with E-state index in [1.165, 1.54) is 0 Å². The maximum atomic E-state index is 7.36. The first-order valence-corrected chi connectivity index (χ1v) is 23.5. The fourth-order valence-corrected chi connectivity index (χ4v) is 14.2. The molecule has 11 nitrogen and oxygen atoms in total. The molecule has 0 aromatic heterocycles. The molecule has 45 heavy (non-hydrogen) atoms. The van der Waals surface area contributed by atoms with Crippen molar-refractivity contribution in [1.29, 1.82) is 0 Å². The van der Waals surface area contributed by atoms with Crippen molar-refractivity contribution in [3.8, 4) is 0 Å². The van der Waals surface area contributed by atoms with Gasteiger partial charge in [0.15, 0.2) is 0 Å². The van der Waals surface area contributed by atoms with Gasteiger partial charge in [-0.15, -0.1) is 0 Å². The van der Waals surface area contributed by atoms with Crippen molar-refractivity contribution in [3.63, 3.8) is 0 Å². The predicted octanol–water partition coefficient (Wildman–Crippen LogP) is 6.13. The van der Waals surface area contributed by atoms with Crippen LogP contribution in [0.2, 0.25) is 18.1 Å². The van der Waals surface area contributed by atoms with Gasteiger partial charge in [0.05, 0.1) is 0 Å². The van der Waals surface area contributed by atoms with Crippen molar-refractivity contribution in [1.82, 2.24) is 0 Å². The molecule has 0 aromatic carbocycles. The van der Waals surface area contributed by atoms with Gasteiger partial charge in [0.1, 0.15) is 0 Å². The fraction of sp³-hybridized carbons (Fsp3) is 1.00. The van der Waals surface area contributed by atoms with Crippen LogP contribution in [0.3, 0.4) is 0 Å². The highest BCUT2D eigenvalue weighted by atomic mass is 28.4. The summed E-state index contributed by atoms with van der Waals surface area (Å²) in [4.78, 5) is 0. The SMILES string of the molecule is CCO[Si](CCCC(C)(N)C(CN)(CCC[Si](OCC)(OCC)OCC)CCC[Si](OCC)(OCC)OCC)(OCC)OCC. The van der Waals surface area contributed by atoms with Crippen molar-refractivity contribution in [2.24, 2.45) is 16.9 Å². The molecule has 0 bridgehead atoms. The third kappa shape index (κ3) is 15.1. The van der Waals surface area contributed by atoms with Gasteiger partial charge in [-0.2, -0.15) is 0 Å². The van der Waals surface area contributed by atoms with E-state index in [2.05, 4.69) is 6.92 Å². The molecule has 0 rings (SSSR count). The molecule has 0 aliphatic rings. The van der Waals surface area contributed by atoms with E-state index >= 15 is 0 Å². The molecule has 0 saturated carbocycles. The van der Waals surface area contributed by atoms with Crippen molar-refractivity contribution < 1.29 is 39.8 Å². The summed E-state index contributed by atoms with van der Waals surface area (Å²) in [7, 11) is -8.43. The van der Waals surface area contributed by atoms with Crippen LogP contribution >= 0.6 is 0 Å². The van der Waals surface area contributed by atoms with Crippen LogP contribution in [0.4, 0.5) is 0 Å². The molecule has 1 unspecified atom stereocenters. The molecule has 14 heteroatoms. The Balaban J connectivity index is 6.25. The third-order valence-electron chi connectivity index (χ3n) is 8.34. The van der Waals surface area contributed by atoms with Gasteiger partial charge in [0, 0.05) is 88.5 Å². The second-order valence-electron chi connectivity index (χ2n) is 11.4. The molecule has 1 atom stereocenters. The molecule has 0 radical (unpaired) electrons. The maximum Gasteiger partial charge on any atom is 0.500 e. The Morgan fingerprint density at radius 3 is 0.844 bits per heavy atom. The van der Waals surface area contributed by atoms with Crippen LogP contribution < -0.4 is 11.5 Å². The average Bonchev–Trinajstić information content (AvgIpc) is 2.97. The average molecular weight is 701 g/mol. The summed E-state index contributed by atoms with van der Waals surface area (Å²) >= 11 is 0. The molecule has 0 spiro atoms. The van der Waals surface area contributed by atoms with E-state index in [1.54, 1.807) is 0 Å². The standard InChI is InChI=1S/C31H72N2O9Si3/c1-11-34-43(35-12-2,36-13-3)26-20-23-30(10,33)31(29-32,24-21-27-44(37-14-4,38-15-5)39-16-6)25-22-28-45(40-17-7,41-18-8)42-19-9/h11-29,32-33H2,1-10H3. The number of hydrogen-bond acceptors (Lipinski definition) is 11. The zero-order valence-electron chi connectivity index (χ0n) is 30.8. The first kappa shape index (κ1) is 45.2. The lowest BCUT2D eigenvalue weighted by atomic mass is 9.63. The van der Waals surface area contributed by atoms with E-state index in [4.69, 9.17) is 51.3 Å². The van der Waals surface area contributed by atoms with Gasteiger partial charge in [-0.3, -0.25) is 0 Å². The van der Waals surface area contributed by atoms with Crippen molar-refractivity contribution >= 4 is 26.4 Å². The first-order valence-electron chi connectivity index (χ1n) is 17.7. The predicted molar refractivity (Wildman–Crippen MR) is 188 cm³/mol. The highest BCUT2D eigenvalue weighted by Crippen LogP contribution is 2.44. The molecular weight excluding hydrogens is 629 g/mol. The van der Waals surface area contributed by atoms with Crippen molar-refractivity contribution in [3.05, 3.63) is 0 Å². The summed E-state index contributed by atoms with van der Waals surface area (Å²) in [6, 6.07) is 2.13. The highest BCUT2D eigenvalue weighted by molar-refractivity contribution is 6.61. The van der Waals surface area contributed by atoms with E-state index in [9.17, 15) is 0 Å². The van der Waals surface area contributed by atoms with Gasteiger partial charge in [0.25, 0.3) is 0 Å². The van der Waals surface area contributed by atoms with E-state index in [0.29, 0.717) is 84.1 Å². The van der Waals surface area contributed by atoms with Gasteiger partial charge in [-0.25, -0.2) is 0 Å². The highest BCUT2D eigenvalue weighted by Gasteiger charge is 2.48. The van der Waals surface area contributed by atoms with Crippen LogP contribution in [0.15, 0.2) is 0 Å². The smallest absolute Gasteiger partial charge is 0.374 e. The van der Waals surface area contributed by atoms with Gasteiger partial charge in [0.2, 0.25) is 0 Å².